The van der Waals surface area contributed by atoms with Gasteiger partial charge in [-0.1, -0.05) is 18.2 Å². The van der Waals surface area contributed by atoms with Gasteiger partial charge in [0.1, 0.15) is 0 Å². The number of carbonyl (C=O) groups is 3. The van der Waals surface area contributed by atoms with Crippen molar-refractivity contribution in [2.45, 2.75) is 6.18 Å². The first-order chi connectivity index (χ1) is 11.2. The van der Waals surface area contributed by atoms with Crippen LogP contribution in [0, 0.1) is 11.8 Å². The highest BCUT2D eigenvalue weighted by Crippen LogP contribution is 2.37. The van der Waals surface area contributed by atoms with Crippen LogP contribution in [0.25, 0.3) is 0 Å². The molecule has 0 radical (unpaired) electrons. The molecule has 6 nitrogen and oxygen atoms in total. The van der Waals surface area contributed by atoms with E-state index in [0.717, 1.165) is 4.90 Å². The van der Waals surface area contributed by atoms with Crippen LogP contribution in [-0.2, 0) is 9.59 Å². The smallest absolute Gasteiger partial charge is 0.394 e. The Kier molecular flexibility index (Phi) is 5.10. The number of likely N-dealkylation sites (tertiary alicyclic amines) is 1. The summed E-state index contributed by atoms with van der Waals surface area (Å²) >= 11 is 0. The minimum atomic E-state index is -4.70. The van der Waals surface area contributed by atoms with Crippen LogP contribution in [0.4, 0.5) is 13.2 Å². The van der Waals surface area contributed by atoms with Crippen LogP contribution in [0.15, 0.2) is 30.3 Å². The molecule has 2 N–H and O–H groups in total. The summed E-state index contributed by atoms with van der Waals surface area (Å²) in [5, 5.41) is 11.2. The quantitative estimate of drug-likeness (QED) is 0.858. The molecule has 0 aromatic heterocycles. The molecule has 24 heavy (non-hydrogen) atoms. The van der Waals surface area contributed by atoms with Gasteiger partial charge in [0.05, 0.1) is 18.4 Å². The summed E-state index contributed by atoms with van der Waals surface area (Å²) in [4.78, 5) is 35.6. The molecule has 2 amide bonds. The third-order valence-electron chi connectivity index (χ3n) is 3.85. The number of hydrogen-bond donors (Lipinski definition) is 2. The number of halogens is 3. The number of benzene rings is 1. The van der Waals surface area contributed by atoms with E-state index in [1.165, 1.54) is 12.1 Å². The van der Waals surface area contributed by atoms with Gasteiger partial charge in [-0.05, 0) is 12.1 Å². The molecule has 0 unspecified atom stereocenters. The van der Waals surface area contributed by atoms with Crippen molar-refractivity contribution in [1.82, 2.24) is 10.2 Å². The van der Waals surface area contributed by atoms with Gasteiger partial charge in [-0.15, -0.1) is 0 Å². The van der Waals surface area contributed by atoms with Crippen molar-refractivity contribution >= 4 is 17.8 Å². The summed E-state index contributed by atoms with van der Waals surface area (Å²) in [6.45, 7) is -1.75. The van der Waals surface area contributed by atoms with Crippen LogP contribution in [0.1, 0.15) is 10.4 Å². The monoisotopic (exact) mass is 344 g/mol. The summed E-state index contributed by atoms with van der Waals surface area (Å²) in [5.74, 6) is -6.69. The third kappa shape index (κ3) is 4.03. The fourth-order valence-electron chi connectivity index (χ4n) is 2.55. The van der Waals surface area contributed by atoms with E-state index in [4.69, 9.17) is 5.11 Å². The molecule has 1 fully saturated rings. The van der Waals surface area contributed by atoms with Crippen LogP contribution >= 0.6 is 0 Å². The number of hydrogen-bond acceptors (Lipinski definition) is 3. The molecule has 0 aliphatic carbocycles. The topological polar surface area (TPSA) is 86.7 Å². The summed E-state index contributed by atoms with van der Waals surface area (Å²) in [5.41, 5.74) is 0.309. The first-order valence-corrected chi connectivity index (χ1v) is 7.10. The Hall–Kier alpha value is -2.58. The molecule has 1 aromatic rings. The van der Waals surface area contributed by atoms with E-state index in [2.05, 4.69) is 5.32 Å². The molecule has 1 heterocycles. The van der Waals surface area contributed by atoms with Crippen molar-refractivity contribution in [3.05, 3.63) is 35.9 Å². The van der Waals surface area contributed by atoms with E-state index in [9.17, 15) is 27.6 Å². The van der Waals surface area contributed by atoms with Crippen molar-refractivity contribution in [2.24, 2.45) is 11.8 Å². The molecular formula is C15H15F3N2O4. The molecule has 0 spiro atoms. The molecule has 1 saturated heterocycles. The first kappa shape index (κ1) is 17.8. The molecule has 9 heteroatoms. The molecule has 0 saturated carbocycles. The maximum atomic E-state index is 12.9. The van der Waals surface area contributed by atoms with E-state index in [1.54, 1.807) is 18.2 Å². The standard InChI is InChI=1S/C15H15F3N2O4/c16-15(17,18)11-8-20(7-10(11)14(23)24)12(21)6-19-13(22)9-4-2-1-3-5-9/h1-5,10-11H,6-8H2,(H,19,22)(H,23,24)/t10-,11-/m1/s1. The van der Waals surface area contributed by atoms with E-state index in [1.807, 2.05) is 0 Å². The van der Waals surface area contributed by atoms with Gasteiger partial charge in [-0.3, -0.25) is 14.4 Å². The molecule has 2 atom stereocenters. The van der Waals surface area contributed by atoms with E-state index in [0.29, 0.717) is 5.56 Å². The lowest BCUT2D eigenvalue weighted by atomic mass is 9.96. The van der Waals surface area contributed by atoms with Crippen molar-refractivity contribution < 1.29 is 32.7 Å². The van der Waals surface area contributed by atoms with Crippen LogP contribution < -0.4 is 5.32 Å². The Labute approximate surface area is 135 Å². The maximum absolute atomic E-state index is 12.9. The second-order valence-electron chi connectivity index (χ2n) is 5.44. The van der Waals surface area contributed by atoms with Crippen molar-refractivity contribution in [2.75, 3.05) is 19.6 Å². The predicted octanol–water partition coefficient (Wildman–Crippen LogP) is 1.14. The highest BCUT2D eigenvalue weighted by molar-refractivity contribution is 5.96. The van der Waals surface area contributed by atoms with Crippen LogP contribution in [0.2, 0.25) is 0 Å². The number of alkyl halides is 3. The average molecular weight is 344 g/mol. The lowest BCUT2D eigenvalue weighted by Crippen LogP contribution is -2.39. The van der Waals surface area contributed by atoms with Gasteiger partial charge >= 0.3 is 12.1 Å². The number of nitrogens with zero attached hydrogens (tertiary/aromatic N) is 1. The number of aliphatic carboxylic acids is 1. The Balaban J connectivity index is 1.96. The number of carboxylic acid groups (broad SMARTS) is 1. The van der Waals surface area contributed by atoms with Crippen LogP contribution in [-0.4, -0.2) is 53.6 Å². The van der Waals surface area contributed by atoms with Gasteiger partial charge < -0.3 is 15.3 Å². The highest BCUT2D eigenvalue weighted by Gasteiger charge is 2.53. The molecule has 1 aromatic carbocycles. The van der Waals surface area contributed by atoms with Gasteiger partial charge in [-0.25, -0.2) is 0 Å². The minimum absolute atomic E-state index is 0.309. The van der Waals surface area contributed by atoms with Crippen molar-refractivity contribution in [3.8, 4) is 0 Å². The Morgan fingerprint density at radius 1 is 1.17 bits per heavy atom. The van der Waals surface area contributed by atoms with Gasteiger partial charge in [0.15, 0.2) is 0 Å². The van der Waals surface area contributed by atoms with E-state index in [-0.39, 0.29) is 0 Å². The van der Waals surface area contributed by atoms with Crippen LogP contribution in [0.5, 0.6) is 0 Å². The Bertz CT molecular complexity index is 633. The van der Waals surface area contributed by atoms with Crippen molar-refractivity contribution in [3.63, 3.8) is 0 Å². The summed E-state index contributed by atoms with van der Waals surface area (Å²) in [7, 11) is 0. The number of amides is 2. The van der Waals surface area contributed by atoms with E-state index >= 15 is 0 Å². The van der Waals surface area contributed by atoms with Crippen LogP contribution in [0.3, 0.4) is 0 Å². The van der Waals surface area contributed by atoms with Gasteiger partial charge in [-0.2, -0.15) is 13.2 Å². The molecule has 2 rings (SSSR count). The normalized spacial score (nSPS) is 20.7. The molecule has 1 aliphatic rings. The fourth-order valence-corrected chi connectivity index (χ4v) is 2.55. The molecule has 130 valence electrons. The second-order valence-corrected chi connectivity index (χ2v) is 5.44. The molecule has 1 aliphatic heterocycles. The summed E-state index contributed by atoms with van der Waals surface area (Å²) in [6, 6.07) is 8.01. The number of rotatable bonds is 4. The lowest BCUT2D eigenvalue weighted by molar-refractivity contribution is -0.188. The Morgan fingerprint density at radius 2 is 1.79 bits per heavy atom. The summed E-state index contributed by atoms with van der Waals surface area (Å²) in [6.07, 6.45) is -4.70. The fraction of sp³-hybridized carbons (Fsp3) is 0.400. The van der Waals surface area contributed by atoms with Crippen molar-refractivity contribution in [1.29, 1.82) is 0 Å². The largest absolute Gasteiger partial charge is 0.481 e. The van der Waals surface area contributed by atoms with Gasteiger partial charge in [0.25, 0.3) is 5.91 Å². The Morgan fingerprint density at radius 3 is 2.29 bits per heavy atom. The number of nitrogens with one attached hydrogen (secondary N) is 1. The summed E-state index contributed by atoms with van der Waals surface area (Å²) < 4.78 is 38.6. The molecule has 0 bridgehead atoms. The second kappa shape index (κ2) is 6.90. The maximum Gasteiger partial charge on any atom is 0.394 e. The zero-order valence-electron chi connectivity index (χ0n) is 12.4. The number of carboxylic acids is 1. The molecular weight excluding hydrogens is 329 g/mol. The third-order valence-corrected chi connectivity index (χ3v) is 3.85. The SMILES string of the molecule is O=C(NCC(=O)N1C[C@@H](C(F)(F)F)[C@H](C(=O)O)C1)c1ccccc1. The van der Waals surface area contributed by atoms with Gasteiger partial charge in [0, 0.05) is 18.7 Å². The minimum Gasteiger partial charge on any atom is -0.481 e. The van der Waals surface area contributed by atoms with Gasteiger partial charge in [0.2, 0.25) is 5.91 Å². The highest BCUT2D eigenvalue weighted by atomic mass is 19.4. The van der Waals surface area contributed by atoms with E-state index < -0.39 is 55.4 Å². The predicted molar refractivity (Wildman–Crippen MR) is 76.0 cm³/mol. The first-order valence-electron chi connectivity index (χ1n) is 7.10. The zero-order chi connectivity index (χ0) is 17.9. The lowest BCUT2D eigenvalue weighted by Gasteiger charge is -2.18. The average Bonchev–Trinajstić information content (AvgIpc) is 2.99. The zero-order valence-corrected chi connectivity index (χ0v) is 12.4. The number of carbonyl (C=O) groups excluding carboxylic acids is 2.